The van der Waals surface area contributed by atoms with Crippen molar-refractivity contribution in [3.63, 3.8) is 0 Å². The fraction of sp³-hybridized carbons (Fsp3) is 0.500. The summed E-state index contributed by atoms with van der Waals surface area (Å²) in [6.45, 7) is 7.85. The fourth-order valence-corrected chi connectivity index (χ4v) is 2.13. The Morgan fingerprint density at radius 2 is 1.83 bits per heavy atom. The summed E-state index contributed by atoms with van der Waals surface area (Å²) in [5.41, 5.74) is 1.71. The average Bonchev–Trinajstić information content (AvgIpc) is 3.03. The van der Waals surface area contributed by atoms with E-state index in [4.69, 9.17) is 4.52 Å². The first-order valence-electron chi connectivity index (χ1n) is 8.49. The number of carbonyl (C=O) groups excluding carboxylic acids is 1. The number of aryl methyl sites for hydroxylation is 1. The Balaban J connectivity index is 1.93. The number of unbranched alkanes of at least 4 members (excludes halogenated alkanes) is 1. The second-order valence-corrected chi connectivity index (χ2v) is 6.24. The number of benzene rings is 1. The molecule has 130 valence electrons. The van der Waals surface area contributed by atoms with Crippen molar-refractivity contribution in [1.82, 2.24) is 10.1 Å². The molecule has 0 saturated carbocycles. The molecular formula is C18H26N4O2. The van der Waals surface area contributed by atoms with Crippen LogP contribution in [0.1, 0.15) is 58.3 Å². The number of nitrogens with zero attached hydrogens (tertiary/aromatic N) is 2. The maximum absolute atomic E-state index is 11.7. The monoisotopic (exact) mass is 330 g/mol. The van der Waals surface area contributed by atoms with Crippen molar-refractivity contribution in [3.8, 4) is 0 Å². The number of aromatic nitrogens is 2. The SMILES string of the molecule is CCCCc1noc(C(C)Nc2ccc(NC(=O)C(C)C)cc2)n1. The third-order valence-corrected chi connectivity index (χ3v) is 3.67. The Hall–Kier alpha value is -2.37. The molecule has 0 aliphatic carbocycles. The smallest absolute Gasteiger partial charge is 0.248 e. The van der Waals surface area contributed by atoms with Crippen LogP contribution in [0.5, 0.6) is 0 Å². The Labute approximate surface area is 143 Å². The van der Waals surface area contributed by atoms with E-state index in [2.05, 4.69) is 27.7 Å². The largest absolute Gasteiger partial charge is 0.374 e. The molecule has 1 unspecified atom stereocenters. The zero-order valence-corrected chi connectivity index (χ0v) is 14.8. The second kappa shape index (κ2) is 8.47. The van der Waals surface area contributed by atoms with Crippen LogP contribution in [0.25, 0.3) is 0 Å². The normalized spacial score (nSPS) is 12.2. The summed E-state index contributed by atoms with van der Waals surface area (Å²) < 4.78 is 5.32. The van der Waals surface area contributed by atoms with E-state index in [1.807, 2.05) is 45.0 Å². The number of rotatable bonds is 8. The highest BCUT2D eigenvalue weighted by molar-refractivity contribution is 5.92. The molecule has 0 bridgehead atoms. The van der Waals surface area contributed by atoms with Crippen molar-refractivity contribution in [2.75, 3.05) is 10.6 Å². The van der Waals surface area contributed by atoms with Crippen molar-refractivity contribution in [3.05, 3.63) is 36.0 Å². The molecule has 2 rings (SSSR count). The lowest BCUT2D eigenvalue weighted by Gasteiger charge is -2.12. The molecule has 0 aliphatic heterocycles. The molecule has 0 spiro atoms. The van der Waals surface area contributed by atoms with Gasteiger partial charge in [0.25, 0.3) is 0 Å². The highest BCUT2D eigenvalue weighted by Crippen LogP contribution is 2.20. The van der Waals surface area contributed by atoms with Crippen molar-refractivity contribution in [1.29, 1.82) is 0 Å². The standard InChI is InChI=1S/C18H26N4O2/c1-5-6-7-16-21-18(24-22-16)13(4)19-14-8-10-15(11-9-14)20-17(23)12(2)3/h8-13,19H,5-7H2,1-4H3,(H,20,23). The van der Waals surface area contributed by atoms with Gasteiger partial charge >= 0.3 is 0 Å². The van der Waals surface area contributed by atoms with E-state index < -0.39 is 0 Å². The summed E-state index contributed by atoms with van der Waals surface area (Å²) >= 11 is 0. The first-order valence-corrected chi connectivity index (χ1v) is 8.49. The van der Waals surface area contributed by atoms with E-state index in [-0.39, 0.29) is 17.9 Å². The molecule has 1 heterocycles. The maximum Gasteiger partial charge on any atom is 0.248 e. The van der Waals surface area contributed by atoms with Gasteiger partial charge in [0.1, 0.15) is 6.04 Å². The Morgan fingerprint density at radius 1 is 1.17 bits per heavy atom. The molecule has 0 fully saturated rings. The van der Waals surface area contributed by atoms with Crippen LogP contribution >= 0.6 is 0 Å². The summed E-state index contributed by atoms with van der Waals surface area (Å²) in [5, 5.41) is 10.2. The van der Waals surface area contributed by atoms with Gasteiger partial charge in [0.05, 0.1) is 0 Å². The summed E-state index contributed by atoms with van der Waals surface area (Å²) in [5.74, 6) is 1.31. The van der Waals surface area contributed by atoms with Gasteiger partial charge in [0.15, 0.2) is 5.82 Å². The predicted octanol–water partition coefficient (Wildman–Crippen LogP) is 4.18. The Kier molecular flexibility index (Phi) is 6.35. The van der Waals surface area contributed by atoms with Gasteiger partial charge in [-0.05, 0) is 37.6 Å². The molecule has 24 heavy (non-hydrogen) atoms. The van der Waals surface area contributed by atoms with Crippen LogP contribution in [-0.4, -0.2) is 16.0 Å². The quantitative estimate of drug-likeness (QED) is 0.759. The van der Waals surface area contributed by atoms with Gasteiger partial charge in [0, 0.05) is 23.7 Å². The molecule has 2 N–H and O–H groups in total. The minimum atomic E-state index is -0.0796. The molecule has 6 heteroatoms. The molecule has 0 saturated heterocycles. The van der Waals surface area contributed by atoms with Crippen LogP contribution in [0.2, 0.25) is 0 Å². The molecule has 6 nitrogen and oxygen atoms in total. The highest BCUT2D eigenvalue weighted by Gasteiger charge is 2.14. The van der Waals surface area contributed by atoms with Gasteiger partial charge in [-0.15, -0.1) is 0 Å². The number of carbonyl (C=O) groups is 1. The fourth-order valence-electron chi connectivity index (χ4n) is 2.13. The predicted molar refractivity (Wildman–Crippen MR) is 94.9 cm³/mol. The molecule has 1 aromatic heterocycles. The van der Waals surface area contributed by atoms with Gasteiger partial charge in [-0.3, -0.25) is 4.79 Å². The van der Waals surface area contributed by atoms with Gasteiger partial charge in [-0.25, -0.2) is 0 Å². The van der Waals surface area contributed by atoms with Crippen LogP contribution in [0, 0.1) is 5.92 Å². The number of nitrogens with one attached hydrogen (secondary N) is 2. The second-order valence-electron chi connectivity index (χ2n) is 6.24. The molecule has 0 aliphatic rings. The summed E-state index contributed by atoms with van der Waals surface area (Å²) in [6, 6.07) is 7.50. The first-order chi connectivity index (χ1) is 11.5. The Morgan fingerprint density at radius 3 is 2.46 bits per heavy atom. The number of hydrogen-bond acceptors (Lipinski definition) is 5. The zero-order valence-electron chi connectivity index (χ0n) is 14.8. The molecular weight excluding hydrogens is 304 g/mol. The molecule has 1 aromatic carbocycles. The lowest BCUT2D eigenvalue weighted by molar-refractivity contribution is -0.118. The zero-order chi connectivity index (χ0) is 17.5. The minimum Gasteiger partial charge on any atom is -0.374 e. The van der Waals surface area contributed by atoms with Crippen LogP contribution in [-0.2, 0) is 11.2 Å². The van der Waals surface area contributed by atoms with E-state index >= 15 is 0 Å². The lowest BCUT2D eigenvalue weighted by atomic mass is 10.2. The van der Waals surface area contributed by atoms with Gasteiger partial charge in [0.2, 0.25) is 11.8 Å². The lowest BCUT2D eigenvalue weighted by Crippen LogP contribution is -2.17. The van der Waals surface area contributed by atoms with Crippen LogP contribution in [0.15, 0.2) is 28.8 Å². The van der Waals surface area contributed by atoms with Crippen molar-refractivity contribution in [2.24, 2.45) is 5.92 Å². The van der Waals surface area contributed by atoms with E-state index in [9.17, 15) is 4.79 Å². The molecule has 1 amide bonds. The van der Waals surface area contributed by atoms with Crippen molar-refractivity contribution >= 4 is 17.3 Å². The number of hydrogen-bond donors (Lipinski definition) is 2. The summed E-state index contributed by atoms with van der Waals surface area (Å²) in [6.07, 6.45) is 3.01. The van der Waals surface area contributed by atoms with Gasteiger partial charge in [-0.2, -0.15) is 4.98 Å². The van der Waals surface area contributed by atoms with E-state index in [1.165, 1.54) is 0 Å². The van der Waals surface area contributed by atoms with Crippen LogP contribution < -0.4 is 10.6 Å². The molecule has 1 atom stereocenters. The minimum absolute atomic E-state index is 0.00884. The third-order valence-electron chi connectivity index (χ3n) is 3.67. The number of anilines is 2. The summed E-state index contributed by atoms with van der Waals surface area (Å²) in [4.78, 5) is 16.1. The van der Waals surface area contributed by atoms with E-state index in [0.717, 1.165) is 36.5 Å². The van der Waals surface area contributed by atoms with Crippen LogP contribution in [0.3, 0.4) is 0 Å². The maximum atomic E-state index is 11.7. The summed E-state index contributed by atoms with van der Waals surface area (Å²) in [7, 11) is 0. The molecule has 0 radical (unpaired) electrons. The molecule has 2 aromatic rings. The average molecular weight is 330 g/mol. The van der Waals surface area contributed by atoms with Gasteiger partial charge in [-0.1, -0.05) is 32.3 Å². The van der Waals surface area contributed by atoms with E-state index in [0.29, 0.717) is 5.89 Å². The highest BCUT2D eigenvalue weighted by atomic mass is 16.5. The van der Waals surface area contributed by atoms with E-state index in [1.54, 1.807) is 0 Å². The van der Waals surface area contributed by atoms with Crippen molar-refractivity contribution < 1.29 is 9.32 Å². The Bertz CT molecular complexity index is 649. The van der Waals surface area contributed by atoms with Crippen LogP contribution in [0.4, 0.5) is 11.4 Å². The number of amides is 1. The first kappa shape index (κ1) is 18.0. The van der Waals surface area contributed by atoms with Gasteiger partial charge < -0.3 is 15.2 Å². The third kappa shape index (κ3) is 5.08. The topological polar surface area (TPSA) is 80.0 Å². The van der Waals surface area contributed by atoms with Crippen molar-refractivity contribution in [2.45, 2.75) is 53.0 Å².